The van der Waals surface area contributed by atoms with Gasteiger partial charge in [-0.2, -0.15) is 0 Å². The van der Waals surface area contributed by atoms with Crippen LogP contribution in [0.4, 0.5) is 0 Å². The number of fused-ring (bicyclic) bond motifs is 1. The molecular formula is C18H28N2O4. The zero-order valence-corrected chi connectivity index (χ0v) is 14.4. The summed E-state index contributed by atoms with van der Waals surface area (Å²) in [6.45, 7) is 8.96. The second-order valence-electron chi connectivity index (χ2n) is 6.42. The van der Waals surface area contributed by atoms with Gasteiger partial charge in [0.25, 0.3) is 0 Å². The average Bonchev–Trinajstić information content (AvgIpc) is 2.62. The molecule has 1 aromatic rings. The largest absolute Gasteiger partial charge is 0.486 e. The molecule has 6 heteroatoms. The quantitative estimate of drug-likeness (QED) is 0.796. The van der Waals surface area contributed by atoms with E-state index in [1.54, 1.807) is 0 Å². The first kappa shape index (κ1) is 17.5. The van der Waals surface area contributed by atoms with E-state index in [0.717, 1.165) is 50.9 Å². The lowest BCUT2D eigenvalue weighted by molar-refractivity contribution is 0.000572. The summed E-state index contributed by atoms with van der Waals surface area (Å²) in [7, 11) is 0. The molecule has 2 heterocycles. The maximum atomic E-state index is 10.4. The van der Waals surface area contributed by atoms with E-state index in [9.17, 15) is 5.11 Å². The first-order valence-corrected chi connectivity index (χ1v) is 8.83. The third kappa shape index (κ3) is 4.83. The third-order valence-corrected chi connectivity index (χ3v) is 4.52. The zero-order valence-electron chi connectivity index (χ0n) is 14.4. The van der Waals surface area contributed by atoms with Crippen LogP contribution in [0.3, 0.4) is 0 Å². The number of hydrogen-bond acceptors (Lipinski definition) is 6. The van der Waals surface area contributed by atoms with Crippen LogP contribution in [0.1, 0.15) is 6.92 Å². The van der Waals surface area contributed by atoms with Gasteiger partial charge in [0, 0.05) is 32.7 Å². The Morgan fingerprint density at radius 1 is 1.25 bits per heavy atom. The molecule has 1 saturated heterocycles. The molecule has 0 radical (unpaired) electrons. The predicted octanol–water partition coefficient (Wildman–Crippen LogP) is 0.841. The van der Waals surface area contributed by atoms with Crippen molar-refractivity contribution < 1.29 is 19.3 Å². The smallest absolute Gasteiger partial charge is 0.161 e. The number of aliphatic hydroxyl groups is 1. The average molecular weight is 336 g/mol. The number of benzene rings is 1. The van der Waals surface area contributed by atoms with Crippen LogP contribution in [0.5, 0.6) is 11.5 Å². The highest BCUT2D eigenvalue weighted by molar-refractivity contribution is 5.40. The second kappa shape index (κ2) is 8.67. The summed E-state index contributed by atoms with van der Waals surface area (Å²) in [5, 5.41) is 10.4. The standard InChI is InChI=1S/C18H28N2O4/c1-2-19(11-15(21)12-20-7-9-22-10-8-20)13-16-14-23-17-5-3-4-6-18(17)24-16/h3-6,15-16,21H,2,7-14H2,1H3/t15-,16-/m0/s1. The van der Waals surface area contributed by atoms with Gasteiger partial charge >= 0.3 is 0 Å². The van der Waals surface area contributed by atoms with Gasteiger partial charge in [0.2, 0.25) is 0 Å². The highest BCUT2D eigenvalue weighted by atomic mass is 16.6. The molecule has 2 aliphatic rings. The minimum absolute atomic E-state index is 0.00423. The minimum Gasteiger partial charge on any atom is -0.486 e. The molecule has 0 bridgehead atoms. The lowest BCUT2D eigenvalue weighted by Gasteiger charge is -2.33. The fourth-order valence-corrected chi connectivity index (χ4v) is 3.21. The molecule has 0 amide bonds. The Kier molecular flexibility index (Phi) is 6.31. The van der Waals surface area contributed by atoms with E-state index in [4.69, 9.17) is 14.2 Å². The zero-order chi connectivity index (χ0) is 16.8. The van der Waals surface area contributed by atoms with Crippen molar-refractivity contribution in [3.05, 3.63) is 24.3 Å². The second-order valence-corrected chi connectivity index (χ2v) is 6.42. The van der Waals surface area contributed by atoms with E-state index in [1.165, 1.54) is 0 Å². The van der Waals surface area contributed by atoms with Gasteiger partial charge in [0.1, 0.15) is 12.7 Å². The molecule has 24 heavy (non-hydrogen) atoms. The van der Waals surface area contributed by atoms with Crippen LogP contribution < -0.4 is 9.47 Å². The van der Waals surface area contributed by atoms with E-state index in [1.807, 2.05) is 24.3 Å². The lowest BCUT2D eigenvalue weighted by atomic mass is 10.2. The molecule has 0 aromatic heterocycles. The summed E-state index contributed by atoms with van der Waals surface area (Å²) in [6.07, 6.45) is -0.365. The Hall–Kier alpha value is -1.34. The molecule has 1 fully saturated rings. The molecular weight excluding hydrogens is 308 g/mol. The van der Waals surface area contributed by atoms with Gasteiger partial charge in [-0.05, 0) is 18.7 Å². The number of rotatable bonds is 7. The number of hydrogen-bond donors (Lipinski definition) is 1. The van der Waals surface area contributed by atoms with E-state index >= 15 is 0 Å². The van der Waals surface area contributed by atoms with Gasteiger partial charge in [-0.1, -0.05) is 19.1 Å². The normalized spacial score (nSPS) is 22.5. The summed E-state index contributed by atoms with van der Waals surface area (Å²) in [5.41, 5.74) is 0. The first-order chi connectivity index (χ1) is 11.7. The summed E-state index contributed by atoms with van der Waals surface area (Å²) in [6, 6.07) is 7.76. The molecule has 1 N–H and O–H groups in total. The van der Waals surface area contributed by atoms with E-state index in [-0.39, 0.29) is 12.2 Å². The van der Waals surface area contributed by atoms with Crippen molar-refractivity contribution in [2.75, 3.05) is 59.1 Å². The number of morpholine rings is 1. The number of nitrogens with zero attached hydrogens (tertiary/aromatic N) is 2. The molecule has 0 spiro atoms. The summed E-state index contributed by atoms with van der Waals surface area (Å²) < 4.78 is 17.1. The van der Waals surface area contributed by atoms with Crippen molar-refractivity contribution in [3.63, 3.8) is 0 Å². The Balaban J connectivity index is 1.46. The minimum atomic E-state index is -0.361. The highest BCUT2D eigenvalue weighted by Crippen LogP contribution is 2.30. The maximum absolute atomic E-state index is 10.4. The molecule has 134 valence electrons. The Morgan fingerprint density at radius 2 is 2.00 bits per heavy atom. The van der Waals surface area contributed by atoms with Crippen molar-refractivity contribution in [3.8, 4) is 11.5 Å². The molecule has 6 nitrogen and oxygen atoms in total. The van der Waals surface area contributed by atoms with E-state index < -0.39 is 0 Å². The van der Waals surface area contributed by atoms with Gasteiger partial charge in [-0.25, -0.2) is 0 Å². The molecule has 0 unspecified atom stereocenters. The third-order valence-electron chi connectivity index (χ3n) is 4.52. The highest BCUT2D eigenvalue weighted by Gasteiger charge is 2.24. The fraction of sp³-hybridized carbons (Fsp3) is 0.667. The Labute approximate surface area is 143 Å². The lowest BCUT2D eigenvalue weighted by Crippen LogP contribution is -2.47. The Bertz CT molecular complexity index is 508. The van der Waals surface area contributed by atoms with Gasteiger partial charge < -0.3 is 19.3 Å². The molecule has 2 atom stereocenters. The molecule has 0 aliphatic carbocycles. The monoisotopic (exact) mass is 336 g/mol. The van der Waals surface area contributed by atoms with Crippen LogP contribution in [0.2, 0.25) is 0 Å². The summed E-state index contributed by atoms with van der Waals surface area (Å²) in [5.74, 6) is 1.61. The van der Waals surface area contributed by atoms with Gasteiger partial charge in [-0.15, -0.1) is 0 Å². The number of ether oxygens (including phenoxy) is 3. The van der Waals surface area contributed by atoms with E-state index in [0.29, 0.717) is 19.7 Å². The van der Waals surface area contributed by atoms with Crippen LogP contribution in [0.25, 0.3) is 0 Å². The van der Waals surface area contributed by atoms with Crippen molar-refractivity contribution in [2.45, 2.75) is 19.1 Å². The number of aliphatic hydroxyl groups excluding tert-OH is 1. The number of para-hydroxylation sites is 2. The predicted molar refractivity (Wildman–Crippen MR) is 91.7 cm³/mol. The molecule has 1 aromatic carbocycles. The van der Waals surface area contributed by atoms with Gasteiger partial charge in [-0.3, -0.25) is 9.80 Å². The van der Waals surface area contributed by atoms with Crippen molar-refractivity contribution in [1.29, 1.82) is 0 Å². The SMILES string of the molecule is CCN(C[C@H](O)CN1CCOCC1)C[C@H]1COc2ccccc2O1. The molecule has 2 aliphatic heterocycles. The summed E-state index contributed by atoms with van der Waals surface area (Å²) >= 11 is 0. The van der Waals surface area contributed by atoms with Crippen molar-refractivity contribution >= 4 is 0 Å². The molecule has 3 rings (SSSR count). The van der Waals surface area contributed by atoms with Crippen LogP contribution in [-0.2, 0) is 4.74 Å². The van der Waals surface area contributed by atoms with Crippen LogP contribution in [0, 0.1) is 0 Å². The summed E-state index contributed by atoms with van der Waals surface area (Å²) in [4.78, 5) is 4.49. The van der Waals surface area contributed by atoms with Crippen LogP contribution >= 0.6 is 0 Å². The van der Waals surface area contributed by atoms with Gasteiger partial charge in [0.15, 0.2) is 11.5 Å². The van der Waals surface area contributed by atoms with Crippen LogP contribution in [0.15, 0.2) is 24.3 Å². The topological polar surface area (TPSA) is 54.4 Å². The Morgan fingerprint density at radius 3 is 2.75 bits per heavy atom. The van der Waals surface area contributed by atoms with E-state index in [2.05, 4.69) is 16.7 Å². The fourth-order valence-electron chi connectivity index (χ4n) is 3.21. The van der Waals surface area contributed by atoms with Crippen molar-refractivity contribution in [1.82, 2.24) is 9.80 Å². The van der Waals surface area contributed by atoms with Crippen LogP contribution in [-0.4, -0.2) is 86.2 Å². The molecule has 0 saturated carbocycles. The number of β-amino-alcohol motifs (C(OH)–C–C–N with tert-alkyl or cyclic N) is 1. The number of likely N-dealkylation sites (N-methyl/N-ethyl adjacent to an activating group) is 1. The van der Waals surface area contributed by atoms with Crippen molar-refractivity contribution in [2.24, 2.45) is 0 Å². The van der Waals surface area contributed by atoms with Gasteiger partial charge in [0.05, 0.1) is 19.3 Å². The maximum Gasteiger partial charge on any atom is 0.161 e. The first-order valence-electron chi connectivity index (χ1n) is 8.83.